The quantitative estimate of drug-likeness (QED) is 0.715. The number of hydrogen-bond acceptors (Lipinski definition) is 3. The summed E-state index contributed by atoms with van der Waals surface area (Å²) in [7, 11) is 0. The van der Waals surface area contributed by atoms with Gasteiger partial charge in [-0.2, -0.15) is 0 Å². The standard InChI is InChI=1S/C14H12N4O/c19-14-13-15-6-7-18(13)17-12(16-14)11-5-4-9-2-1-3-10(9)8-11/h4-8H,1-3H2,(H,16,17,19). The van der Waals surface area contributed by atoms with Crippen LogP contribution in [0.5, 0.6) is 0 Å². The molecular formula is C14H12N4O. The Bertz CT molecular complexity index is 831. The molecule has 19 heavy (non-hydrogen) atoms. The number of H-pyrrole nitrogens is 1. The molecule has 0 saturated heterocycles. The summed E-state index contributed by atoms with van der Waals surface area (Å²) in [6.45, 7) is 0. The van der Waals surface area contributed by atoms with Crippen LogP contribution in [0.1, 0.15) is 17.5 Å². The Labute approximate surface area is 108 Å². The van der Waals surface area contributed by atoms with Crippen LogP contribution >= 0.6 is 0 Å². The van der Waals surface area contributed by atoms with E-state index in [4.69, 9.17) is 0 Å². The summed E-state index contributed by atoms with van der Waals surface area (Å²) in [4.78, 5) is 18.7. The number of benzene rings is 1. The molecule has 4 rings (SSSR count). The van der Waals surface area contributed by atoms with Crippen LogP contribution in [0.25, 0.3) is 17.0 Å². The number of aromatic amines is 1. The summed E-state index contributed by atoms with van der Waals surface area (Å²) in [5.41, 5.74) is 3.84. The Balaban J connectivity index is 1.92. The smallest absolute Gasteiger partial charge is 0.294 e. The molecular weight excluding hydrogens is 240 g/mol. The molecule has 0 amide bonds. The number of hydrogen-bond donors (Lipinski definition) is 1. The molecule has 3 aromatic rings. The first-order valence-electron chi connectivity index (χ1n) is 6.37. The summed E-state index contributed by atoms with van der Waals surface area (Å²) in [6, 6.07) is 6.28. The molecule has 2 aromatic heterocycles. The normalized spacial score (nSPS) is 13.9. The van der Waals surface area contributed by atoms with Gasteiger partial charge in [-0.05, 0) is 36.5 Å². The van der Waals surface area contributed by atoms with Crippen LogP contribution in [0.3, 0.4) is 0 Å². The SMILES string of the molecule is O=c1[nH]c(-c2ccc3c(c2)CCC3)nn2ccnc12. The van der Waals surface area contributed by atoms with E-state index in [0.29, 0.717) is 11.5 Å². The highest BCUT2D eigenvalue weighted by Crippen LogP contribution is 2.26. The van der Waals surface area contributed by atoms with Gasteiger partial charge in [0.25, 0.3) is 5.56 Å². The van der Waals surface area contributed by atoms with E-state index in [1.807, 2.05) is 6.07 Å². The molecule has 1 aromatic carbocycles. The zero-order valence-corrected chi connectivity index (χ0v) is 10.3. The van der Waals surface area contributed by atoms with Gasteiger partial charge in [-0.1, -0.05) is 12.1 Å². The average Bonchev–Trinajstić information content (AvgIpc) is 3.06. The molecule has 5 nitrogen and oxygen atoms in total. The minimum atomic E-state index is -0.213. The van der Waals surface area contributed by atoms with Gasteiger partial charge in [0.2, 0.25) is 5.65 Å². The Hall–Kier alpha value is -2.43. The van der Waals surface area contributed by atoms with Crippen molar-refractivity contribution in [2.75, 3.05) is 0 Å². The molecule has 94 valence electrons. The van der Waals surface area contributed by atoms with Crippen molar-refractivity contribution in [3.8, 4) is 11.4 Å². The third-order valence-electron chi connectivity index (χ3n) is 3.64. The van der Waals surface area contributed by atoms with Crippen LogP contribution in [0.4, 0.5) is 0 Å². The number of aryl methyl sites for hydroxylation is 2. The lowest BCUT2D eigenvalue weighted by Gasteiger charge is -2.04. The van der Waals surface area contributed by atoms with E-state index in [1.54, 1.807) is 12.4 Å². The molecule has 0 radical (unpaired) electrons. The maximum absolute atomic E-state index is 11.9. The third-order valence-corrected chi connectivity index (χ3v) is 3.64. The minimum Gasteiger partial charge on any atom is -0.302 e. The van der Waals surface area contributed by atoms with E-state index in [0.717, 1.165) is 18.4 Å². The van der Waals surface area contributed by atoms with Crippen molar-refractivity contribution in [2.24, 2.45) is 0 Å². The van der Waals surface area contributed by atoms with Gasteiger partial charge in [0.15, 0.2) is 5.82 Å². The molecule has 1 aliphatic carbocycles. The lowest BCUT2D eigenvalue weighted by molar-refractivity contribution is 0.892. The summed E-state index contributed by atoms with van der Waals surface area (Å²) in [5.74, 6) is 0.588. The third kappa shape index (κ3) is 1.58. The van der Waals surface area contributed by atoms with Crippen molar-refractivity contribution >= 4 is 5.65 Å². The van der Waals surface area contributed by atoms with Crippen molar-refractivity contribution in [3.05, 3.63) is 52.1 Å². The molecule has 0 aliphatic heterocycles. The van der Waals surface area contributed by atoms with Gasteiger partial charge in [-0.15, -0.1) is 5.10 Å². The first-order valence-corrected chi connectivity index (χ1v) is 6.37. The van der Waals surface area contributed by atoms with E-state index >= 15 is 0 Å². The molecule has 5 heteroatoms. The Morgan fingerprint density at radius 3 is 3.05 bits per heavy atom. The fourth-order valence-corrected chi connectivity index (χ4v) is 2.69. The van der Waals surface area contributed by atoms with E-state index in [-0.39, 0.29) is 5.56 Å². The summed E-state index contributed by atoms with van der Waals surface area (Å²) in [6.07, 6.45) is 6.73. The first kappa shape index (κ1) is 10.5. The monoisotopic (exact) mass is 252 g/mol. The highest BCUT2D eigenvalue weighted by Gasteiger charge is 2.13. The number of nitrogens with zero attached hydrogens (tertiary/aromatic N) is 3. The first-order chi connectivity index (χ1) is 9.31. The number of rotatable bonds is 1. The van der Waals surface area contributed by atoms with Crippen molar-refractivity contribution in [3.63, 3.8) is 0 Å². The second-order valence-electron chi connectivity index (χ2n) is 4.84. The molecule has 0 spiro atoms. The molecule has 2 heterocycles. The number of imidazole rings is 1. The minimum absolute atomic E-state index is 0.213. The second-order valence-corrected chi connectivity index (χ2v) is 4.84. The van der Waals surface area contributed by atoms with Gasteiger partial charge in [0, 0.05) is 18.0 Å². The second kappa shape index (κ2) is 3.78. The van der Waals surface area contributed by atoms with E-state index in [1.165, 1.54) is 22.1 Å². The van der Waals surface area contributed by atoms with Crippen LogP contribution in [-0.4, -0.2) is 19.6 Å². The average molecular weight is 252 g/mol. The summed E-state index contributed by atoms with van der Waals surface area (Å²) >= 11 is 0. The van der Waals surface area contributed by atoms with Crippen LogP contribution in [0.2, 0.25) is 0 Å². The largest absolute Gasteiger partial charge is 0.302 e. The van der Waals surface area contributed by atoms with E-state index < -0.39 is 0 Å². The summed E-state index contributed by atoms with van der Waals surface area (Å²) < 4.78 is 1.52. The summed E-state index contributed by atoms with van der Waals surface area (Å²) in [5, 5.41) is 4.39. The maximum Gasteiger partial charge on any atom is 0.294 e. The fraction of sp³-hybridized carbons (Fsp3) is 0.214. The lowest BCUT2D eigenvalue weighted by atomic mass is 10.1. The van der Waals surface area contributed by atoms with Crippen LogP contribution in [0, 0.1) is 0 Å². The molecule has 0 fully saturated rings. The Kier molecular flexibility index (Phi) is 2.09. The molecule has 0 bridgehead atoms. The molecule has 1 aliphatic rings. The molecule has 0 atom stereocenters. The van der Waals surface area contributed by atoms with Gasteiger partial charge in [0.05, 0.1) is 0 Å². The van der Waals surface area contributed by atoms with Gasteiger partial charge in [-0.3, -0.25) is 4.79 Å². The lowest BCUT2D eigenvalue weighted by Crippen LogP contribution is -2.14. The Morgan fingerprint density at radius 2 is 2.11 bits per heavy atom. The number of fused-ring (bicyclic) bond motifs is 2. The topological polar surface area (TPSA) is 63.0 Å². The van der Waals surface area contributed by atoms with Crippen molar-refractivity contribution < 1.29 is 0 Å². The number of aromatic nitrogens is 4. The fourth-order valence-electron chi connectivity index (χ4n) is 2.69. The van der Waals surface area contributed by atoms with Crippen molar-refractivity contribution in [1.29, 1.82) is 0 Å². The van der Waals surface area contributed by atoms with Gasteiger partial charge in [0.1, 0.15) is 0 Å². The molecule has 1 N–H and O–H groups in total. The van der Waals surface area contributed by atoms with Crippen LogP contribution < -0.4 is 5.56 Å². The highest BCUT2D eigenvalue weighted by atomic mass is 16.1. The van der Waals surface area contributed by atoms with Crippen molar-refractivity contribution in [1.82, 2.24) is 19.6 Å². The zero-order chi connectivity index (χ0) is 12.8. The predicted octanol–water partition coefficient (Wildman–Crippen LogP) is 1.57. The van der Waals surface area contributed by atoms with E-state index in [2.05, 4.69) is 27.2 Å². The van der Waals surface area contributed by atoms with Crippen LogP contribution in [0.15, 0.2) is 35.4 Å². The maximum atomic E-state index is 11.9. The van der Waals surface area contributed by atoms with E-state index in [9.17, 15) is 4.79 Å². The Morgan fingerprint density at radius 1 is 1.21 bits per heavy atom. The van der Waals surface area contributed by atoms with Gasteiger partial charge < -0.3 is 4.98 Å². The van der Waals surface area contributed by atoms with Gasteiger partial charge in [-0.25, -0.2) is 9.50 Å². The highest BCUT2D eigenvalue weighted by molar-refractivity contribution is 5.58. The van der Waals surface area contributed by atoms with Crippen molar-refractivity contribution in [2.45, 2.75) is 19.3 Å². The molecule has 0 saturated carbocycles. The predicted molar refractivity (Wildman–Crippen MR) is 71.1 cm³/mol. The van der Waals surface area contributed by atoms with Gasteiger partial charge >= 0.3 is 0 Å². The zero-order valence-electron chi connectivity index (χ0n) is 10.3. The molecule has 0 unspecified atom stereocenters. The number of nitrogens with one attached hydrogen (secondary N) is 1. The van der Waals surface area contributed by atoms with Crippen LogP contribution in [-0.2, 0) is 12.8 Å².